The Morgan fingerprint density at radius 1 is 0.704 bits per heavy atom. The third-order valence-electron chi connectivity index (χ3n) is 5.28. The largest absolute Gasteiger partial charge is 1.00 e. The molecule has 0 aromatic carbocycles. The minimum absolute atomic E-state index is 0. The molecule has 0 bridgehead atoms. The molecule has 0 aromatic rings. The summed E-state index contributed by atoms with van der Waals surface area (Å²) in [4.78, 5) is 0. The molecule has 2 atom stereocenters. The Labute approximate surface area is 211 Å². The molecule has 0 aliphatic rings. The van der Waals surface area contributed by atoms with E-state index in [2.05, 4.69) is 6.92 Å². The van der Waals surface area contributed by atoms with E-state index >= 15 is 0 Å². The molecule has 1 N–H and O–H groups in total. The van der Waals surface area contributed by atoms with E-state index in [4.69, 9.17) is 0 Å². The zero-order valence-corrected chi connectivity index (χ0v) is 22.2. The van der Waals surface area contributed by atoms with Gasteiger partial charge in [-0.15, -0.1) is 0 Å². The summed E-state index contributed by atoms with van der Waals surface area (Å²) in [6.07, 6.45) is 18.8. The van der Waals surface area contributed by atoms with Crippen molar-refractivity contribution < 1.29 is 69.5 Å². The van der Waals surface area contributed by atoms with Crippen LogP contribution in [0.25, 0.3) is 0 Å². The minimum Gasteiger partial charge on any atom is -0.748 e. The molecule has 0 aromatic heterocycles. The average Bonchev–Trinajstić information content (AvgIpc) is 2.58. The first-order valence-corrected chi connectivity index (χ1v) is 12.5. The molecule has 0 aliphatic heterocycles. The number of aliphatic hydroxyl groups excluding tert-OH is 1. The van der Waals surface area contributed by atoms with Gasteiger partial charge in [0, 0.05) is 5.25 Å². The summed E-state index contributed by atoms with van der Waals surface area (Å²) >= 11 is 0. The van der Waals surface area contributed by atoms with Crippen molar-refractivity contribution in [3.05, 3.63) is 0 Å². The predicted octanol–water partition coefficient (Wildman–Crippen LogP) is 2.94. The van der Waals surface area contributed by atoms with Gasteiger partial charge in [0.15, 0.2) is 0 Å². The number of aliphatic hydroxyl groups is 1. The quantitative estimate of drug-likeness (QED) is 0.194. The van der Waals surface area contributed by atoms with E-state index < -0.39 is 15.4 Å². The molecule has 0 fully saturated rings. The molecule has 0 aliphatic carbocycles. The van der Waals surface area contributed by atoms with Crippen LogP contribution < -0.4 is 51.4 Å². The Kier molecular flexibility index (Phi) is 23.6. The molecule has 0 heterocycles. The molecule has 4 nitrogen and oxygen atoms in total. The van der Waals surface area contributed by atoms with Crippen LogP contribution in [-0.4, -0.2) is 29.4 Å². The van der Waals surface area contributed by atoms with Crippen LogP contribution in [0, 0.1) is 0 Å². The van der Waals surface area contributed by atoms with Gasteiger partial charge < -0.3 is 9.66 Å². The van der Waals surface area contributed by atoms with Crippen molar-refractivity contribution in [2.45, 2.75) is 134 Å². The van der Waals surface area contributed by atoms with Crippen molar-refractivity contribution in [2.24, 2.45) is 0 Å². The van der Waals surface area contributed by atoms with Crippen LogP contribution in [-0.2, 0) is 10.1 Å². The van der Waals surface area contributed by atoms with Gasteiger partial charge in [-0.3, -0.25) is 0 Å². The third-order valence-corrected chi connectivity index (χ3v) is 6.50. The Balaban J connectivity index is 0. The van der Waals surface area contributed by atoms with Crippen molar-refractivity contribution in [1.29, 1.82) is 0 Å². The van der Waals surface area contributed by atoms with Gasteiger partial charge in [0.25, 0.3) is 0 Å². The Hall–Kier alpha value is 1.51. The smallest absolute Gasteiger partial charge is 0.748 e. The van der Waals surface area contributed by atoms with Crippen molar-refractivity contribution in [3.8, 4) is 0 Å². The number of rotatable bonds is 19. The Morgan fingerprint density at radius 3 is 1.41 bits per heavy atom. The molecule has 158 valence electrons. The zero-order valence-electron chi connectivity index (χ0n) is 18.3. The molecular weight excluding hydrogens is 387 g/mol. The molecule has 0 amide bonds. The second-order valence-electron chi connectivity index (χ2n) is 7.92. The van der Waals surface area contributed by atoms with Gasteiger partial charge in [-0.2, -0.15) is 0 Å². The maximum absolute atomic E-state index is 10.8. The van der Waals surface area contributed by atoms with Crippen molar-refractivity contribution in [2.75, 3.05) is 0 Å². The van der Waals surface area contributed by atoms with E-state index in [1.54, 1.807) is 0 Å². The summed E-state index contributed by atoms with van der Waals surface area (Å²) in [5, 5.41) is 9.26. The molecule has 0 saturated carbocycles. The first kappa shape index (κ1) is 30.7. The topological polar surface area (TPSA) is 77.4 Å². The Morgan fingerprint density at radius 2 is 1.04 bits per heavy atom. The maximum Gasteiger partial charge on any atom is 1.00 e. The molecule has 0 spiro atoms. The molecule has 0 radical (unpaired) electrons. The second-order valence-corrected chi connectivity index (χ2v) is 9.71. The monoisotopic (exact) mass is 430 g/mol. The van der Waals surface area contributed by atoms with Crippen LogP contribution in [0.5, 0.6) is 0 Å². The Bertz CT molecular complexity index is 401. The number of hydrogen-bond acceptors (Lipinski definition) is 4. The van der Waals surface area contributed by atoms with E-state index in [1.807, 2.05) is 0 Å². The minimum atomic E-state index is -4.10. The van der Waals surface area contributed by atoms with Crippen LogP contribution in [0.1, 0.15) is 123 Å². The average molecular weight is 431 g/mol. The van der Waals surface area contributed by atoms with Gasteiger partial charge in [0.1, 0.15) is 0 Å². The standard InChI is InChI=1S/C21H44O4S.K/c1-3-4-5-6-8-12-15-18-21(22)19-16-13-10-7-9-11-14-17-20(2)26(23,24)25;/h20-22H,3-19H2,1-2H3,(H,23,24,25);/q;+1/p-1. The summed E-state index contributed by atoms with van der Waals surface area (Å²) in [6.45, 7) is 3.74. The second kappa shape index (κ2) is 20.8. The van der Waals surface area contributed by atoms with Crippen LogP contribution in [0.2, 0.25) is 0 Å². The normalized spacial score (nSPS) is 13.9. The van der Waals surface area contributed by atoms with Gasteiger partial charge in [0.2, 0.25) is 0 Å². The first-order valence-electron chi connectivity index (χ1n) is 11.0. The van der Waals surface area contributed by atoms with Gasteiger partial charge in [-0.1, -0.05) is 96.8 Å². The maximum atomic E-state index is 10.8. The van der Waals surface area contributed by atoms with Crippen molar-refractivity contribution in [1.82, 2.24) is 0 Å². The van der Waals surface area contributed by atoms with E-state index in [1.165, 1.54) is 58.3 Å². The summed E-state index contributed by atoms with van der Waals surface area (Å²) in [5.41, 5.74) is 0. The van der Waals surface area contributed by atoms with Gasteiger partial charge in [-0.05, 0) is 26.2 Å². The molecular formula is C21H43KO4S. The van der Waals surface area contributed by atoms with E-state index in [9.17, 15) is 18.1 Å². The van der Waals surface area contributed by atoms with E-state index in [0.717, 1.165) is 51.4 Å². The van der Waals surface area contributed by atoms with Crippen LogP contribution >= 0.6 is 0 Å². The van der Waals surface area contributed by atoms with Crippen LogP contribution in [0.3, 0.4) is 0 Å². The zero-order chi connectivity index (χ0) is 19.7. The fraction of sp³-hybridized carbons (Fsp3) is 1.00. The van der Waals surface area contributed by atoms with E-state index in [0.29, 0.717) is 6.42 Å². The molecule has 6 heteroatoms. The molecule has 27 heavy (non-hydrogen) atoms. The van der Waals surface area contributed by atoms with Gasteiger partial charge >= 0.3 is 51.4 Å². The van der Waals surface area contributed by atoms with Gasteiger partial charge in [-0.25, -0.2) is 8.42 Å². The summed E-state index contributed by atoms with van der Waals surface area (Å²) < 4.78 is 32.4. The summed E-state index contributed by atoms with van der Waals surface area (Å²) in [5.74, 6) is 0. The first-order chi connectivity index (χ1) is 12.4. The van der Waals surface area contributed by atoms with Crippen molar-refractivity contribution in [3.63, 3.8) is 0 Å². The van der Waals surface area contributed by atoms with Crippen molar-refractivity contribution >= 4 is 10.1 Å². The summed E-state index contributed by atoms with van der Waals surface area (Å²) in [7, 11) is -4.10. The fourth-order valence-corrected chi connectivity index (χ4v) is 3.78. The molecule has 0 rings (SSSR count). The van der Waals surface area contributed by atoms with Gasteiger partial charge in [0.05, 0.1) is 16.2 Å². The van der Waals surface area contributed by atoms with Crippen LogP contribution in [0.4, 0.5) is 0 Å². The van der Waals surface area contributed by atoms with Crippen LogP contribution in [0.15, 0.2) is 0 Å². The predicted molar refractivity (Wildman–Crippen MR) is 109 cm³/mol. The number of hydrogen-bond donors (Lipinski definition) is 1. The number of unbranched alkanes of at least 4 members (excludes halogenated alkanes) is 12. The SMILES string of the molecule is CCCCCCCCCC(O)CCCCCCCCCC(C)S(=O)(=O)[O-].[K+]. The summed E-state index contributed by atoms with van der Waals surface area (Å²) in [6, 6.07) is 0. The van der Waals surface area contributed by atoms with E-state index in [-0.39, 0.29) is 57.5 Å². The molecule has 0 saturated heterocycles. The fourth-order valence-electron chi connectivity index (χ4n) is 3.32. The third kappa shape index (κ3) is 22.0. The molecule has 2 unspecified atom stereocenters.